The van der Waals surface area contributed by atoms with Gasteiger partial charge in [-0.15, -0.1) is 0 Å². The first-order valence-electron chi connectivity index (χ1n) is 5.75. The van der Waals surface area contributed by atoms with Crippen LogP contribution in [0.3, 0.4) is 0 Å². The van der Waals surface area contributed by atoms with Crippen molar-refractivity contribution in [3.8, 4) is 5.75 Å². The van der Waals surface area contributed by atoms with Crippen molar-refractivity contribution in [2.45, 2.75) is 46.3 Å². The summed E-state index contributed by atoms with van der Waals surface area (Å²) in [5.74, 6) is 0.306. The molecule has 0 radical (unpaired) electrons. The number of benzene rings is 1. The molecule has 0 aliphatic heterocycles. The fourth-order valence-corrected chi connectivity index (χ4v) is 1.33. The van der Waals surface area contributed by atoms with E-state index in [4.69, 9.17) is 4.74 Å². The quantitative estimate of drug-likeness (QED) is 0.822. The van der Waals surface area contributed by atoms with E-state index in [1.165, 1.54) is 6.07 Å². The summed E-state index contributed by atoms with van der Waals surface area (Å²) in [5.41, 5.74) is 0.533. The fourth-order valence-electron chi connectivity index (χ4n) is 1.33. The van der Waals surface area contributed by atoms with E-state index in [0.29, 0.717) is 11.4 Å². The summed E-state index contributed by atoms with van der Waals surface area (Å²) in [6.07, 6.45) is 1.02. The molecule has 0 aliphatic carbocycles. The molecule has 0 aromatic heterocycles. The molecule has 0 spiro atoms. The highest BCUT2D eigenvalue weighted by Gasteiger charge is 2.07. The highest BCUT2D eigenvalue weighted by Crippen LogP contribution is 2.22. The van der Waals surface area contributed by atoms with Crippen LogP contribution >= 0.6 is 0 Å². The van der Waals surface area contributed by atoms with E-state index in [-0.39, 0.29) is 18.0 Å². The van der Waals surface area contributed by atoms with Crippen LogP contribution in [0.1, 0.15) is 34.1 Å². The summed E-state index contributed by atoms with van der Waals surface area (Å²) in [5, 5.41) is 3.11. The number of hydrogen-bond donors (Lipinski definition) is 1. The van der Waals surface area contributed by atoms with Crippen molar-refractivity contribution in [1.29, 1.82) is 0 Å². The maximum atomic E-state index is 13.7. The third-order valence-corrected chi connectivity index (χ3v) is 2.33. The van der Waals surface area contributed by atoms with Crippen LogP contribution in [0.2, 0.25) is 0 Å². The van der Waals surface area contributed by atoms with Crippen molar-refractivity contribution < 1.29 is 9.13 Å². The lowest BCUT2D eigenvalue weighted by Crippen LogP contribution is -2.14. The van der Waals surface area contributed by atoms with Crippen LogP contribution < -0.4 is 10.1 Å². The molecule has 90 valence electrons. The molecule has 1 atom stereocenters. The van der Waals surface area contributed by atoms with Crippen LogP contribution in [-0.2, 0) is 0 Å². The minimum atomic E-state index is -0.265. The van der Waals surface area contributed by atoms with Crippen molar-refractivity contribution in [2.75, 3.05) is 5.32 Å². The Morgan fingerprint density at radius 2 is 2.00 bits per heavy atom. The zero-order valence-corrected chi connectivity index (χ0v) is 10.4. The van der Waals surface area contributed by atoms with Crippen LogP contribution in [0, 0.1) is 5.82 Å². The topological polar surface area (TPSA) is 21.3 Å². The van der Waals surface area contributed by atoms with Gasteiger partial charge in [0.2, 0.25) is 0 Å². The fraction of sp³-hybridized carbons (Fsp3) is 0.538. The molecule has 0 fully saturated rings. The van der Waals surface area contributed by atoms with Gasteiger partial charge in [0.1, 0.15) is 11.6 Å². The van der Waals surface area contributed by atoms with Crippen molar-refractivity contribution in [2.24, 2.45) is 0 Å². The molecule has 0 bridgehead atoms. The molecular weight excluding hydrogens is 205 g/mol. The zero-order valence-electron chi connectivity index (χ0n) is 10.4. The number of halogens is 1. The van der Waals surface area contributed by atoms with Crippen LogP contribution in [0.4, 0.5) is 10.1 Å². The van der Waals surface area contributed by atoms with Gasteiger partial charge in [-0.2, -0.15) is 0 Å². The minimum absolute atomic E-state index is 0.0628. The molecule has 0 saturated heterocycles. The van der Waals surface area contributed by atoms with Crippen molar-refractivity contribution in [3.05, 3.63) is 24.0 Å². The lowest BCUT2D eigenvalue weighted by atomic mass is 10.2. The molecule has 0 heterocycles. The van der Waals surface area contributed by atoms with Gasteiger partial charge in [-0.3, -0.25) is 0 Å². The Balaban J connectivity index is 2.75. The molecule has 1 aromatic carbocycles. The molecule has 16 heavy (non-hydrogen) atoms. The average molecular weight is 225 g/mol. The maximum absolute atomic E-state index is 13.7. The van der Waals surface area contributed by atoms with Gasteiger partial charge < -0.3 is 10.1 Å². The van der Waals surface area contributed by atoms with Crippen LogP contribution in [0.15, 0.2) is 18.2 Å². The number of ether oxygens (including phenoxy) is 1. The summed E-state index contributed by atoms with van der Waals surface area (Å²) in [7, 11) is 0. The molecule has 1 rings (SSSR count). The summed E-state index contributed by atoms with van der Waals surface area (Å²) < 4.78 is 19.1. The molecule has 1 unspecified atom stereocenters. The lowest BCUT2D eigenvalue weighted by molar-refractivity contribution is 0.241. The Labute approximate surface area is 96.8 Å². The van der Waals surface area contributed by atoms with Gasteiger partial charge in [0.25, 0.3) is 0 Å². The predicted molar refractivity (Wildman–Crippen MR) is 65.5 cm³/mol. The highest BCUT2D eigenvalue weighted by atomic mass is 19.1. The summed E-state index contributed by atoms with van der Waals surface area (Å²) in [6, 6.07) is 5.20. The second-order valence-corrected chi connectivity index (χ2v) is 4.26. The summed E-state index contributed by atoms with van der Waals surface area (Å²) in [4.78, 5) is 0. The molecule has 3 heteroatoms. The first-order valence-corrected chi connectivity index (χ1v) is 5.75. The normalized spacial score (nSPS) is 12.6. The summed E-state index contributed by atoms with van der Waals surface area (Å²) in [6.45, 7) is 7.93. The van der Waals surface area contributed by atoms with Gasteiger partial charge in [0, 0.05) is 12.1 Å². The van der Waals surface area contributed by atoms with Crippen LogP contribution in [-0.4, -0.2) is 12.1 Å². The van der Waals surface area contributed by atoms with E-state index in [9.17, 15) is 4.39 Å². The van der Waals surface area contributed by atoms with Gasteiger partial charge in [-0.25, -0.2) is 4.39 Å². The largest absolute Gasteiger partial charge is 0.491 e. The van der Waals surface area contributed by atoms with E-state index in [0.717, 1.165) is 6.42 Å². The van der Waals surface area contributed by atoms with Gasteiger partial charge in [0.15, 0.2) is 0 Å². The van der Waals surface area contributed by atoms with E-state index < -0.39 is 0 Å². The standard InChI is InChI=1S/C13H20FNO/c1-5-10(4)15-13-7-6-11(8-12(13)14)16-9(2)3/h6-10,15H,5H2,1-4H3. The van der Waals surface area contributed by atoms with Crippen LogP contribution in [0.5, 0.6) is 5.75 Å². The number of hydrogen-bond acceptors (Lipinski definition) is 2. The van der Waals surface area contributed by atoms with Crippen LogP contribution in [0.25, 0.3) is 0 Å². The second kappa shape index (κ2) is 5.73. The molecule has 1 N–H and O–H groups in total. The number of rotatable bonds is 5. The first kappa shape index (κ1) is 12.8. The predicted octanol–water partition coefficient (Wildman–Crippen LogP) is 3.82. The molecule has 0 saturated carbocycles. The SMILES string of the molecule is CCC(C)Nc1ccc(OC(C)C)cc1F. The zero-order chi connectivity index (χ0) is 12.1. The van der Waals surface area contributed by atoms with Gasteiger partial charge in [0.05, 0.1) is 11.8 Å². The monoisotopic (exact) mass is 225 g/mol. The van der Waals surface area contributed by atoms with E-state index >= 15 is 0 Å². The average Bonchev–Trinajstić information content (AvgIpc) is 2.21. The Hall–Kier alpha value is -1.25. The van der Waals surface area contributed by atoms with Gasteiger partial charge in [-0.05, 0) is 39.3 Å². The Bertz CT molecular complexity index is 339. The second-order valence-electron chi connectivity index (χ2n) is 4.26. The third-order valence-electron chi connectivity index (χ3n) is 2.33. The van der Waals surface area contributed by atoms with E-state index in [1.54, 1.807) is 12.1 Å². The van der Waals surface area contributed by atoms with E-state index in [2.05, 4.69) is 12.2 Å². The number of anilines is 1. The van der Waals surface area contributed by atoms with Gasteiger partial charge >= 0.3 is 0 Å². The lowest BCUT2D eigenvalue weighted by Gasteiger charge is -2.15. The Kier molecular flexibility index (Phi) is 4.59. The third kappa shape index (κ3) is 3.72. The Morgan fingerprint density at radius 3 is 2.50 bits per heavy atom. The molecule has 0 amide bonds. The van der Waals surface area contributed by atoms with Crippen molar-refractivity contribution in [3.63, 3.8) is 0 Å². The molecular formula is C13H20FNO. The Morgan fingerprint density at radius 1 is 1.31 bits per heavy atom. The smallest absolute Gasteiger partial charge is 0.149 e. The molecule has 2 nitrogen and oxygen atoms in total. The minimum Gasteiger partial charge on any atom is -0.491 e. The molecule has 0 aliphatic rings. The van der Waals surface area contributed by atoms with Gasteiger partial charge in [-0.1, -0.05) is 6.92 Å². The first-order chi connectivity index (χ1) is 7.52. The number of nitrogens with one attached hydrogen (secondary N) is 1. The molecule has 1 aromatic rings. The summed E-state index contributed by atoms with van der Waals surface area (Å²) >= 11 is 0. The highest BCUT2D eigenvalue weighted by molar-refractivity contribution is 5.48. The van der Waals surface area contributed by atoms with E-state index in [1.807, 2.05) is 20.8 Å². The van der Waals surface area contributed by atoms with Crippen molar-refractivity contribution >= 4 is 5.69 Å². The maximum Gasteiger partial charge on any atom is 0.149 e. The van der Waals surface area contributed by atoms with Crippen molar-refractivity contribution in [1.82, 2.24) is 0 Å².